The molecule has 1 heterocycles. The second kappa shape index (κ2) is 5.18. The molecule has 0 radical (unpaired) electrons. The molecule has 5 heteroatoms. The minimum Gasteiger partial charge on any atom is -0.408 e. The molecule has 1 aromatic heterocycles. The van der Waals surface area contributed by atoms with Gasteiger partial charge in [0.25, 0.3) is 0 Å². The number of aromatic nitrogens is 1. The standard InChI is InChI=1S/C13H16N2O3/c1-14-7-3-4-11(16)9-5-6-10-12(8-9)18-13(17)15(10)2/h5-6,8,14H,3-4,7H2,1-2H3. The number of nitrogens with one attached hydrogen (secondary N) is 1. The van der Waals surface area contributed by atoms with E-state index in [1.165, 1.54) is 4.57 Å². The molecule has 1 N–H and O–H groups in total. The molecule has 0 fully saturated rings. The SMILES string of the molecule is CNCCCC(=O)c1ccc2c(c1)oc(=O)n2C. The van der Waals surface area contributed by atoms with E-state index in [0.29, 0.717) is 23.1 Å². The van der Waals surface area contributed by atoms with Gasteiger partial charge in [-0.3, -0.25) is 9.36 Å². The van der Waals surface area contributed by atoms with E-state index < -0.39 is 5.76 Å². The maximum Gasteiger partial charge on any atom is 0.419 e. The fourth-order valence-electron chi connectivity index (χ4n) is 1.88. The van der Waals surface area contributed by atoms with Gasteiger partial charge >= 0.3 is 5.76 Å². The number of nitrogens with zero attached hydrogens (tertiary/aromatic N) is 1. The first-order chi connectivity index (χ1) is 8.63. The summed E-state index contributed by atoms with van der Waals surface area (Å²) < 4.78 is 6.48. The van der Waals surface area contributed by atoms with Crippen LogP contribution in [0.4, 0.5) is 0 Å². The lowest BCUT2D eigenvalue weighted by atomic mass is 10.1. The highest BCUT2D eigenvalue weighted by atomic mass is 16.4. The lowest BCUT2D eigenvalue weighted by molar-refractivity contribution is 0.0980. The van der Waals surface area contributed by atoms with E-state index in [2.05, 4.69) is 5.32 Å². The van der Waals surface area contributed by atoms with Crippen molar-refractivity contribution in [2.75, 3.05) is 13.6 Å². The summed E-state index contributed by atoms with van der Waals surface area (Å²) in [6.45, 7) is 0.814. The van der Waals surface area contributed by atoms with Gasteiger partial charge in [0.15, 0.2) is 11.4 Å². The van der Waals surface area contributed by atoms with E-state index in [9.17, 15) is 9.59 Å². The smallest absolute Gasteiger partial charge is 0.408 e. The normalized spacial score (nSPS) is 11.0. The molecular formula is C13H16N2O3. The number of fused-ring (bicyclic) bond motifs is 1. The number of hydrogen-bond acceptors (Lipinski definition) is 4. The Morgan fingerprint density at radius 3 is 2.94 bits per heavy atom. The van der Waals surface area contributed by atoms with Crippen molar-refractivity contribution >= 4 is 16.9 Å². The van der Waals surface area contributed by atoms with Gasteiger partial charge in [0, 0.05) is 19.0 Å². The van der Waals surface area contributed by atoms with Crippen molar-refractivity contribution in [1.82, 2.24) is 9.88 Å². The van der Waals surface area contributed by atoms with Crippen LogP contribution in [-0.4, -0.2) is 23.9 Å². The maximum atomic E-state index is 11.9. The third-order valence-corrected chi connectivity index (χ3v) is 2.94. The molecule has 0 atom stereocenters. The fraction of sp³-hybridized carbons (Fsp3) is 0.385. The number of rotatable bonds is 5. The monoisotopic (exact) mass is 248 g/mol. The second-order valence-corrected chi connectivity index (χ2v) is 4.24. The summed E-state index contributed by atoms with van der Waals surface area (Å²) in [6.07, 6.45) is 1.29. The van der Waals surface area contributed by atoms with Gasteiger partial charge in [-0.05, 0) is 38.2 Å². The average molecular weight is 248 g/mol. The van der Waals surface area contributed by atoms with Crippen molar-refractivity contribution in [1.29, 1.82) is 0 Å². The zero-order valence-electron chi connectivity index (χ0n) is 10.5. The summed E-state index contributed by atoms with van der Waals surface area (Å²) in [4.78, 5) is 23.2. The number of carbonyl (C=O) groups is 1. The number of hydrogen-bond donors (Lipinski definition) is 1. The molecule has 0 aliphatic rings. The number of oxazole rings is 1. The molecular weight excluding hydrogens is 232 g/mol. The Kier molecular flexibility index (Phi) is 3.62. The van der Waals surface area contributed by atoms with Crippen LogP contribution in [0.1, 0.15) is 23.2 Å². The predicted molar refractivity (Wildman–Crippen MR) is 68.9 cm³/mol. The van der Waals surface area contributed by atoms with E-state index in [1.54, 1.807) is 25.2 Å². The molecule has 2 rings (SSSR count). The lowest BCUT2D eigenvalue weighted by Crippen LogP contribution is -2.10. The number of carbonyl (C=O) groups excluding carboxylic acids is 1. The first kappa shape index (κ1) is 12.6. The zero-order chi connectivity index (χ0) is 13.1. The highest BCUT2D eigenvalue weighted by molar-refractivity contribution is 5.98. The fourth-order valence-corrected chi connectivity index (χ4v) is 1.88. The van der Waals surface area contributed by atoms with Crippen LogP contribution in [0, 0.1) is 0 Å². The molecule has 0 aliphatic carbocycles. The number of ketones is 1. The van der Waals surface area contributed by atoms with Crippen molar-refractivity contribution in [3.63, 3.8) is 0 Å². The van der Waals surface area contributed by atoms with Crippen molar-refractivity contribution in [2.24, 2.45) is 7.05 Å². The number of aryl methyl sites for hydroxylation is 1. The summed E-state index contributed by atoms with van der Waals surface area (Å²) >= 11 is 0. The van der Waals surface area contributed by atoms with Gasteiger partial charge in [-0.2, -0.15) is 0 Å². The predicted octanol–water partition coefficient (Wildman–Crippen LogP) is 1.31. The van der Waals surface area contributed by atoms with Gasteiger partial charge < -0.3 is 9.73 Å². The van der Waals surface area contributed by atoms with Crippen molar-refractivity contribution in [2.45, 2.75) is 12.8 Å². The minimum absolute atomic E-state index is 0.0682. The van der Waals surface area contributed by atoms with Gasteiger partial charge in [-0.15, -0.1) is 0 Å². The van der Waals surface area contributed by atoms with E-state index in [-0.39, 0.29) is 5.78 Å². The molecule has 18 heavy (non-hydrogen) atoms. The molecule has 0 unspecified atom stereocenters. The molecule has 0 saturated carbocycles. The zero-order valence-corrected chi connectivity index (χ0v) is 10.5. The Morgan fingerprint density at radius 1 is 1.44 bits per heavy atom. The Bertz CT molecular complexity index is 625. The average Bonchev–Trinajstić information content (AvgIpc) is 2.65. The molecule has 1 aromatic carbocycles. The summed E-state index contributed by atoms with van der Waals surface area (Å²) in [7, 11) is 3.50. The minimum atomic E-state index is -0.412. The first-order valence-corrected chi connectivity index (χ1v) is 5.91. The molecule has 0 saturated heterocycles. The van der Waals surface area contributed by atoms with Gasteiger partial charge in [0.1, 0.15) is 0 Å². The molecule has 0 aliphatic heterocycles. The number of benzene rings is 1. The van der Waals surface area contributed by atoms with Crippen molar-refractivity contribution < 1.29 is 9.21 Å². The largest absolute Gasteiger partial charge is 0.419 e. The van der Waals surface area contributed by atoms with E-state index in [1.807, 2.05) is 7.05 Å². The van der Waals surface area contributed by atoms with Gasteiger partial charge in [-0.1, -0.05) is 0 Å². The topological polar surface area (TPSA) is 64.2 Å². The molecule has 2 aromatic rings. The molecule has 96 valence electrons. The van der Waals surface area contributed by atoms with E-state index in [0.717, 1.165) is 13.0 Å². The summed E-state index contributed by atoms with van der Waals surface area (Å²) in [5.41, 5.74) is 1.75. The van der Waals surface area contributed by atoms with E-state index in [4.69, 9.17) is 4.42 Å². The van der Waals surface area contributed by atoms with Gasteiger partial charge in [0.05, 0.1) is 5.52 Å². The van der Waals surface area contributed by atoms with Crippen LogP contribution in [0.15, 0.2) is 27.4 Å². The third-order valence-electron chi connectivity index (χ3n) is 2.94. The quantitative estimate of drug-likeness (QED) is 0.640. The van der Waals surface area contributed by atoms with Crippen LogP contribution in [0.3, 0.4) is 0 Å². The molecule has 0 spiro atoms. The summed E-state index contributed by atoms with van der Waals surface area (Å²) in [5.74, 6) is -0.344. The summed E-state index contributed by atoms with van der Waals surface area (Å²) in [6, 6.07) is 5.11. The van der Waals surface area contributed by atoms with Crippen LogP contribution in [-0.2, 0) is 7.05 Å². The van der Waals surface area contributed by atoms with Crippen LogP contribution in [0.25, 0.3) is 11.1 Å². The lowest BCUT2D eigenvalue weighted by Gasteiger charge is -2.01. The van der Waals surface area contributed by atoms with Crippen LogP contribution in [0.5, 0.6) is 0 Å². The van der Waals surface area contributed by atoms with Crippen LogP contribution in [0.2, 0.25) is 0 Å². The Morgan fingerprint density at radius 2 is 2.22 bits per heavy atom. The molecule has 5 nitrogen and oxygen atoms in total. The number of Topliss-reactive ketones (excluding diaryl/α,β-unsaturated/α-hetero) is 1. The molecule has 0 amide bonds. The maximum absolute atomic E-state index is 11.9. The highest BCUT2D eigenvalue weighted by Gasteiger charge is 2.10. The second-order valence-electron chi connectivity index (χ2n) is 4.24. The van der Waals surface area contributed by atoms with Crippen molar-refractivity contribution in [3.05, 3.63) is 34.3 Å². The Labute approximate surface area is 104 Å². The van der Waals surface area contributed by atoms with Gasteiger partial charge in [-0.25, -0.2) is 4.79 Å². The first-order valence-electron chi connectivity index (χ1n) is 5.91. The Hall–Kier alpha value is -1.88. The summed E-state index contributed by atoms with van der Waals surface area (Å²) in [5, 5.41) is 3.00. The van der Waals surface area contributed by atoms with Crippen LogP contribution >= 0.6 is 0 Å². The molecule has 0 bridgehead atoms. The highest BCUT2D eigenvalue weighted by Crippen LogP contribution is 2.15. The third kappa shape index (κ3) is 2.36. The van der Waals surface area contributed by atoms with Crippen LogP contribution < -0.4 is 11.1 Å². The van der Waals surface area contributed by atoms with E-state index >= 15 is 0 Å². The van der Waals surface area contributed by atoms with Crippen molar-refractivity contribution in [3.8, 4) is 0 Å². The Balaban J connectivity index is 2.24. The van der Waals surface area contributed by atoms with Gasteiger partial charge in [0.2, 0.25) is 0 Å².